The van der Waals surface area contributed by atoms with Crippen LogP contribution in [-0.2, 0) is 0 Å². The largest absolute Gasteiger partial charge is 0.393 e. The van der Waals surface area contributed by atoms with Gasteiger partial charge in [0.25, 0.3) is 0 Å². The van der Waals surface area contributed by atoms with Crippen molar-refractivity contribution in [2.45, 2.75) is 52.2 Å². The van der Waals surface area contributed by atoms with Crippen LogP contribution in [0, 0.1) is 11.8 Å². The van der Waals surface area contributed by atoms with Crippen molar-refractivity contribution >= 4 is 0 Å². The average Bonchev–Trinajstić information content (AvgIpc) is 2.04. The second kappa shape index (κ2) is 4.97. The standard InChI is InChI=1S/C11H23NO/c1-4-12-11-7-9(13)5-6-10(11)8(2)3/h8-13H,4-7H2,1-3H3. The molecule has 1 fully saturated rings. The third kappa shape index (κ3) is 2.96. The van der Waals surface area contributed by atoms with Crippen LogP contribution in [0.5, 0.6) is 0 Å². The van der Waals surface area contributed by atoms with Crippen molar-refractivity contribution in [1.82, 2.24) is 5.32 Å². The van der Waals surface area contributed by atoms with E-state index in [0.29, 0.717) is 6.04 Å². The molecule has 1 saturated carbocycles. The molecule has 2 heteroatoms. The summed E-state index contributed by atoms with van der Waals surface area (Å²) in [5, 5.41) is 13.1. The van der Waals surface area contributed by atoms with Crippen molar-refractivity contribution in [1.29, 1.82) is 0 Å². The molecule has 0 saturated heterocycles. The van der Waals surface area contributed by atoms with Crippen LogP contribution in [0.2, 0.25) is 0 Å². The van der Waals surface area contributed by atoms with Gasteiger partial charge in [0.1, 0.15) is 0 Å². The van der Waals surface area contributed by atoms with Crippen LogP contribution in [-0.4, -0.2) is 23.8 Å². The second-order valence-corrected chi connectivity index (χ2v) is 4.54. The first-order valence-corrected chi connectivity index (χ1v) is 5.56. The molecular formula is C11H23NO. The highest BCUT2D eigenvalue weighted by Gasteiger charge is 2.30. The lowest BCUT2D eigenvalue weighted by Crippen LogP contribution is -2.44. The van der Waals surface area contributed by atoms with E-state index in [1.807, 2.05) is 0 Å². The summed E-state index contributed by atoms with van der Waals surface area (Å²) < 4.78 is 0. The molecule has 0 spiro atoms. The van der Waals surface area contributed by atoms with E-state index in [2.05, 4.69) is 26.1 Å². The molecule has 13 heavy (non-hydrogen) atoms. The molecule has 1 aliphatic carbocycles. The molecule has 3 unspecified atom stereocenters. The summed E-state index contributed by atoms with van der Waals surface area (Å²) in [5.74, 6) is 1.49. The molecule has 0 aromatic heterocycles. The maximum atomic E-state index is 9.57. The lowest BCUT2D eigenvalue weighted by Gasteiger charge is -2.37. The first-order chi connectivity index (χ1) is 6.15. The number of aliphatic hydroxyl groups is 1. The Morgan fingerprint density at radius 1 is 1.38 bits per heavy atom. The van der Waals surface area contributed by atoms with Crippen LogP contribution in [0.15, 0.2) is 0 Å². The van der Waals surface area contributed by atoms with Gasteiger partial charge in [0.2, 0.25) is 0 Å². The second-order valence-electron chi connectivity index (χ2n) is 4.54. The lowest BCUT2D eigenvalue weighted by atomic mass is 9.77. The Balaban J connectivity index is 2.50. The van der Waals surface area contributed by atoms with Crippen molar-refractivity contribution in [3.63, 3.8) is 0 Å². The van der Waals surface area contributed by atoms with Gasteiger partial charge in [-0.15, -0.1) is 0 Å². The van der Waals surface area contributed by atoms with Crippen LogP contribution in [0.1, 0.15) is 40.0 Å². The fourth-order valence-corrected chi connectivity index (χ4v) is 2.47. The molecule has 2 nitrogen and oxygen atoms in total. The van der Waals surface area contributed by atoms with Crippen molar-refractivity contribution in [3.8, 4) is 0 Å². The molecule has 0 aromatic carbocycles. The minimum atomic E-state index is -0.0703. The Kier molecular flexibility index (Phi) is 4.20. The minimum Gasteiger partial charge on any atom is -0.393 e. The van der Waals surface area contributed by atoms with Crippen molar-refractivity contribution in [3.05, 3.63) is 0 Å². The van der Waals surface area contributed by atoms with Crippen LogP contribution in [0.25, 0.3) is 0 Å². The summed E-state index contributed by atoms with van der Waals surface area (Å²) in [4.78, 5) is 0. The van der Waals surface area contributed by atoms with E-state index in [1.54, 1.807) is 0 Å². The van der Waals surface area contributed by atoms with E-state index in [1.165, 1.54) is 6.42 Å². The zero-order valence-electron chi connectivity index (χ0n) is 9.09. The van der Waals surface area contributed by atoms with Gasteiger partial charge in [0.15, 0.2) is 0 Å². The maximum absolute atomic E-state index is 9.57. The van der Waals surface area contributed by atoms with Gasteiger partial charge < -0.3 is 10.4 Å². The molecular weight excluding hydrogens is 162 g/mol. The summed E-state index contributed by atoms with van der Waals surface area (Å²) in [6.07, 6.45) is 3.04. The van der Waals surface area contributed by atoms with Gasteiger partial charge >= 0.3 is 0 Å². The predicted octanol–water partition coefficient (Wildman–Crippen LogP) is 1.78. The smallest absolute Gasteiger partial charge is 0.0555 e. The maximum Gasteiger partial charge on any atom is 0.0555 e. The number of rotatable bonds is 3. The highest BCUT2D eigenvalue weighted by atomic mass is 16.3. The predicted molar refractivity (Wildman–Crippen MR) is 55.7 cm³/mol. The number of hydrogen-bond donors (Lipinski definition) is 2. The Hall–Kier alpha value is -0.0800. The molecule has 2 N–H and O–H groups in total. The molecule has 0 aromatic rings. The van der Waals surface area contributed by atoms with Gasteiger partial charge in [-0.25, -0.2) is 0 Å². The van der Waals surface area contributed by atoms with Crippen LogP contribution < -0.4 is 5.32 Å². The molecule has 78 valence electrons. The summed E-state index contributed by atoms with van der Waals surface area (Å²) in [6.45, 7) is 7.72. The topological polar surface area (TPSA) is 32.3 Å². The van der Waals surface area contributed by atoms with Crippen LogP contribution in [0.4, 0.5) is 0 Å². The quantitative estimate of drug-likeness (QED) is 0.702. The van der Waals surface area contributed by atoms with Crippen LogP contribution >= 0.6 is 0 Å². The fraction of sp³-hybridized carbons (Fsp3) is 1.00. The van der Waals surface area contributed by atoms with Gasteiger partial charge in [-0.05, 0) is 37.6 Å². The summed E-state index contributed by atoms with van der Waals surface area (Å²) in [7, 11) is 0. The molecule has 1 rings (SSSR count). The summed E-state index contributed by atoms with van der Waals surface area (Å²) in [6, 6.07) is 0.536. The molecule has 0 bridgehead atoms. The summed E-state index contributed by atoms with van der Waals surface area (Å²) >= 11 is 0. The van der Waals surface area contributed by atoms with E-state index in [0.717, 1.165) is 31.2 Å². The zero-order chi connectivity index (χ0) is 9.84. The minimum absolute atomic E-state index is 0.0703. The Labute approximate surface area is 81.7 Å². The van der Waals surface area contributed by atoms with E-state index in [4.69, 9.17) is 0 Å². The van der Waals surface area contributed by atoms with Crippen molar-refractivity contribution < 1.29 is 5.11 Å². The Bertz CT molecular complexity index is 147. The first kappa shape index (κ1) is 11.0. The monoisotopic (exact) mass is 185 g/mol. The van der Waals surface area contributed by atoms with Crippen molar-refractivity contribution in [2.75, 3.05) is 6.54 Å². The first-order valence-electron chi connectivity index (χ1n) is 5.56. The third-order valence-corrected chi connectivity index (χ3v) is 3.20. The molecule has 0 amide bonds. The van der Waals surface area contributed by atoms with Gasteiger partial charge in [0.05, 0.1) is 6.10 Å². The number of hydrogen-bond acceptors (Lipinski definition) is 2. The van der Waals surface area contributed by atoms with Crippen LogP contribution in [0.3, 0.4) is 0 Å². The van der Waals surface area contributed by atoms with Crippen molar-refractivity contribution in [2.24, 2.45) is 11.8 Å². The third-order valence-electron chi connectivity index (χ3n) is 3.20. The highest BCUT2D eigenvalue weighted by Crippen LogP contribution is 2.30. The van der Waals surface area contributed by atoms with Gasteiger partial charge in [-0.2, -0.15) is 0 Å². The average molecular weight is 185 g/mol. The SMILES string of the molecule is CCNC1CC(O)CCC1C(C)C. The Morgan fingerprint density at radius 3 is 2.62 bits per heavy atom. The molecule has 0 radical (unpaired) electrons. The van der Waals surface area contributed by atoms with Gasteiger partial charge in [-0.1, -0.05) is 20.8 Å². The highest BCUT2D eigenvalue weighted by molar-refractivity contribution is 4.86. The van der Waals surface area contributed by atoms with Gasteiger partial charge in [-0.3, -0.25) is 0 Å². The normalized spacial score (nSPS) is 35.3. The molecule has 3 atom stereocenters. The summed E-state index contributed by atoms with van der Waals surface area (Å²) in [5.41, 5.74) is 0. The number of aliphatic hydroxyl groups excluding tert-OH is 1. The molecule has 1 aliphatic rings. The van der Waals surface area contributed by atoms with E-state index >= 15 is 0 Å². The lowest BCUT2D eigenvalue weighted by molar-refractivity contribution is 0.0699. The van der Waals surface area contributed by atoms with E-state index < -0.39 is 0 Å². The molecule has 0 aliphatic heterocycles. The molecule has 0 heterocycles. The fourth-order valence-electron chi connectivity index (χ4n) is 2.47. The number of nitrogens with one attached hydrogen (secondary N) is 1. The Morgan fingerprint density at radius 2 is 2.08 bits per heavy atom. The van der Waals surface area contributed by atoms with E-state index in [-0.39, 0.29) is 6.10 Å². The van der Waals surface area contributed by atoms with Gasteiger partial charge in [0, 0.05) is 6.04 Å². The zero-order valence-corrected chi connectivity index (χ0v) is 9.09. The van der Waals surface area contributed by atoms with E-state index in [9.17, 15) is 5.11 Å².